The number of amides is 3. The summed E-state index contributed by atoms with van der Waals surface area (Å²) in [5.74, 6) is -14.6. The number of carbonyl (C=O) groups excluding carboxylic acids is 4. The Kier molecular flexibility index (Phi) is 9.73. The molecule has 0 aliphatic rings. The third kappa shape index (κ3) is 7.52. The molecule has 0 aliphatic heterocycles. The molecule has 0 saturated heterocycles. The van der Waals surface area contributed by atoms with Crippen LogP contribution >= 0.6 is 0 Å². The van der Waals surface area contributed by atoms with Crippen LogP contribution in [-0.2, 0) is 24.0 Å². The zero-order valence-corrected chi connectivity index (χ0v) is 20.4. The molecule has 0 aliphatic carbocycles. The van der Waals surface area contributed by atoms with Crippen molar-refractivity contribution in [2.24, 2.45) is 0 Å². The highest BCUT2D eigenvalue weighted by Crippen LogP contribution is 2.26. The fraction of sp³-hybridized carbons (Fsp3) is 0.192. The van der Waals surface area contributed by atoms with Crippen molar-refractivity contribution in [3.8, 4) is 5.75 Å². The Labute approximate surface area is 223 Å². The molecule has 1 unspecified atom stereocenters. The first kappa shape index (κ1) is 29.5. The van der Waals surface area contributed by atoms with Crippen molar-refractivity contribution in [2.75, 3.05) is 18.5 Å². The molecular weight excluding hydrogens is 542 g/mol. The maximum Gasteiger partial charge on any atom is 0.313 e. The third-order valence-electron chi connectivity index (χ3n) is 5.45. The lowest BCUT2D eigenvalue weighted by molar-refractivity contribution is -0.138. The molecule has 0 aromatic heterocycles. The third-order valence-corrected chi connectivity index (χ3v) is 5.45. The van der Waals surface area contributed by atoms with Crippen molar-refractivity contribution in [2.45, 2.75) is 18.9 Å². The molecule has 0 fully saturated rings. The number of hydrogen-bond acceptors (Lipinski definition) is 6. The van der Waals surface area contributed by atoms with E-state index in [-0.39, 0.29) is 6.07 Å². The molecule has 40 heavy (non-hydrogen) atoms. The predicted octanol–water partition coefficient (Wildman–Crippen LogP) is 2.45. The first-order valence-corrected chi connectivity index (χ1v) is 11.5. The molecule has 0 spiro atoms. The molecule has 210 valence electrons. The van der Waals surface area contributed by atoms with Gasteiger partial charge in [0.05, 0.1) is 12.6 Å². The summed E-state index contributed by atoms with van der Waals surface area (Å²) >= 11 is 0. The van der Waals surface area contributed by atoms with Crippen molar-refractivity contribution in [3.05, 3.63) is 71.8 Å². The van der Waals surface area contributed by atoms with E-state index in [1.165, 1.54) is 0 Å². The maximum absolute atomic E-state index is 13.8. The minimum absolute atomic E-state index is 0.0636. The lowest BCUT2D eigenvalue weighted by atomic mass is 10.1. The van der Waals surface area contributed by atoms with Crippen LogP contribution in [0.3, 0.4) is 0 Å². The number of carboxylic acid groups (broad SMARTS) is 1. The zero-order valence-electron chi connectivity index (χ0n) is 20.4. The predicted molar refractivity (Wildman–Crippen MR) is 131 cm³/mol. The van der Waals surface area contributed by atoms with Crippen LogP contribution in [0.4, 0.5) is 23.2 Å². The van der Waals surface area contributed by atoms with Gasteiger partial charge < -0.3 is 25.8 Å². The first-order valence-electron chi connectivity index (χ1n) is 11.5. The first-order chi connectivity index (χ1) is 19.0. The monoisotopic (exact) mass is 563 g/mol. The number of fused-ring (bicyclic) bond motifs is 1. The van der Waals surface area contributed by atoms with Gasteiger partial charge in [0, 0.05) is 23.6 Å². The van der Waals surface area contributed by atoms with Gasteiger partial charge in [0.25, 0.3) is 0 Å². The fourth-order valence-electron chi connectivity index (χ4n) is 3.50. The number of halogens is 4. The number of anilines is 1. The SMILES string of the molecule is O=C(O)CCC(NC(=O)CNC(=O)C(=O)Nc1cccc2ccccc12)C(=O)COc1c(F)c(F)cc(F)c1F. The summed E-state index contributed by atoms with van der Waals surface area (Å²) in [6.45, 7) is -2.00. The van der Waals surface area contributed by atoms with E-state index in [9.17, 15) is 41.5 Å². The lowest BCUT2D eigenvalue weighted by Crippen LogP contribution is -2.48. The molecule has 14 heteroatoms. The number of carbonyl (C=O) groups is 5. The van der Waals surface area contributed by atoms with Crippen LogP contribution in [0.1, 0.15) is 12.8 Å². The second kappa shape index (κ2) is 13.2. The van der Waals surface area contributed by atoms with E-state index in [0.717, 1.165) is 5.39 Å². The molecule has 0 radical (unpaired) electrons. The summed E-state index contributed by atoms with van der Waals surface area (Å²) in [6.07, 6.45) is -1.13. The Morgan fingerprint density at radius 3 is 2.20 bits per heavy atom. The largest absolute Gasteiger partial charge is 0.481 e. The minimum atomic E-state index is -1.90. The summed E-state index contributed by atoms with van der Waals surface area (Å²) < 4.78 is 58.8. The van der Waals surface area contributed by atoms with E-state index in [1.54, 1.807) is 42.5 Å². The summed E-state index contributed by atoms with van der Waals surface area (Å²) in [6, 6.07) is 10.4. The quantitative estimate of drug-likeness (QED) is 0.159. The number of hydrogen-bond donors (Lipinski definition) is 4. The number of nitrogens with one attached hydrogen (secondary N) is 3. The van der Waals surface area contributed by atoms with Gasteiger partial charge in [-0.15, -0.1) is 0 Å². The van der Waals surface area contributed by atoms with Crippen molar-refractivity contribution >= 4 is 45.9 Å². The lowest BCUT2D eigenvalue weighted by Gasteiger charge is -2.18. The van der Waals surface area contributed by atoms with E-state index in [2.05, 4.69) is 15.4 Å². The highest BCUT2D eigenvalue weighted by Gasteiger charge is 2.26. The Bertz CT molecular complexity index is 1450. The number of rotatable bonds is 11. The van der Waals surface area contributed by atoms with Crippen LogP contribution in [0.15, 0.2) is 48.5 Å². The number of ketones is 1. The van der Waals surface area contributed by atoms with Gasteiger partial charge in [-0.2, -0.15) is 8.78 Å². The fourth-order valence-corrected chi connectivity index (χ4v) is 3.50. The molecule has 3 aromatic carbocycles. The molecule has 3 aromatic rings. The summed E-state index contributed by atoms with van der Waals surface area (Å²) in [5, 5.41) is 16.9. The molecule has 0 heterocycles. The van der Waals surface area contributed by atoms with Crippen LogP contribution in [0.25, 0.3) is 10.8 Å². The van der Waals surface area contributed by atoms with Crippen molar-refractivity contribution < 1.29 is 51.4 Å². The van der Waals surface area contributed by atoms with Crippen LogP contribution in [-0.4, -0.2) is 53.8 Å². The number of Topliss-reactive ketones (excluding diaryl/α,β-unsaturated/α-hetero) is 1. The molecule has 3 amide bonds. The molecular formula is C26H21F4N3O7. The molecule has 3 rings (SSSR count). The van der Waals surface area contributed by atoms with Crippen LogP contribution < -0.4 is 20.7 Å². The Hall–Kier alpha value is -5.01. The average Bonchev–Trinajstić information content (AvgIpc) is 2.92. The molecule has 0 saturated carbocycles. The van der Waals surface area contributed by atoms with Crippen LogP contribution in [0, 0.1) is 23.3 Å². The molecule has 4 N–H and O–H groups in total. The summed E-state index contributed by atoms with van der Waals surface area (Å²) in [4.78, 5) is 60.2. The van der Waals surface area contributed by atoms with E-state index in [4.69, 9.17) is 5.11 Å². The summed E-state index contributed by atoms with van der Waals surface area (Å²) in [5.41, 5.74) is 0.341. The zero-order chi connectivity index (χ0) is 29.4. The van der Waals surface area contributed by atoms with E-state index in [1.807, 2.05) is 5.32 Å². The van der Waals surface area contributed by atoms with Gasteiger partial charge in [-0.1, -0.05) is 36.4 Å². The molecule has 1 atom stereocenters. The number of ether oxygens (including phenoxy) is 1. The molecule has 0 bridgehead atoms. The topological polar surface area (TPSA) is 151 Å². The number of benzene rings is 3. The highest BCUT2D eigenvalue weighted by molar-refractivity contribution is 6.40. The number of aliphatic carboxylic acids is 1. The van der Waals surface area contributed by atoms with Crippen LogP contribution in [0.2, 0.25) is 0 Å². The second-order valence-electron chi connectivity index (χ2n) is 8.27. The molecule has 10 nitrogen and oxygen atoms in total. The maximum atomic E-state index is 13.8. The van der Waals surface area contributed by atoms with Crippen molar-refractivity contribution in [1.29, 1.82) is 0 Å². The standard InChI is InChI=1S/C26H21F4N3O7/c27-15-10-16(28)23(30)24(22(15)29)40-12-19(34)18(8-9-21(36)37)32-20(35)11-31-25(38)26(39)33-17-7-3-5-13-4-1-2-6-14(13)17/h1-7,10,18H,8-9,11-12H2,(H,31,38)(H,32,35)(H,33,39)(H,36,37). The Morgan fingerprint density at radius 2 is 1.52 bits per heavy atom. The minimum Gasteiger partial charge on any atom is -0.481 e. The Morgan fingerprint density at radius 1 is 0.875 bits per heavy atom. The van der Waals surface area contributed by atoms with Gasteiger partial charge in [0.15, 0.2) is 23.2 Å². The van der Waals surface area contributed by atoms with E-state index >= 15 is 0 Å². The smallest absolute Gasteiger partial charge is 0.313 e. The normalized spacial score (nSPS) is 11.4. The van der Waals surface area contributed by atoms with Gasteiger partial charge >= 0.3 is 17.8 Å². The van der Waals surface area contributed by atoms with Gasteiger partial charge in [-0.3, -0.25) is 24.0 Å². The summed E-state index contributed by atoms with van der Waals surface area (Å²) in [7, 11) is 0. The van der Waals surface area contributed by atoms with Crippen molar-refractivity contribution in [1.82, 2.24) is 10.6 Å². The number of carboxylic acids is 1. The van der Waals surface area contributed by atoms with E-state index < -0.39 is 90.5 Å². The van der Waals surface area contributed by atoms with Gasteiger partial charge in [0.2, 0.25) is 17.5 Å². The Balaban J connectivity index is 1.59. The van der Waals surface area contributed by atoms with Gasteiger partial charge in [-0.25, -0.2) is 8.78 Å². The van der Waals surface area contributed by atoms with Gasteiger partial charge in [0.1, 0.15) is 6.61 Å². The average molecular weight is 563 g/mol. The van der Waals surface area contributed by atoms with Gasteiger partial charge in [-0.05, 0) is 17.9 Å². The van der Waals surface area contributed by atoms with Crippen molar-refractivity contribution in [3.63, 3.8) is 0 Å². The van der Waals surface area contributed by atoms with Crippen LogP contribution in [0.5, 0.6) is 5.75 Å². The highest BCUT2D eigenvalue weighted by atomic mass is 19.2. The second-order valence-corrected chi connectivity index (χ2v) is 8.27. The van der Waals surface area contributed by atoms with E-state index in [0.29, 0.717) is 11.1 Å².